The molecule has 2 aromatic heterocycles. The fourth-order valence-corrected chi connectivity index (χ4v) is 6.72. The lowest BCUT2D eigenvalue weighted by Gasteiger charge is -2.17. The Bertz CT molecular complexity index is 1350. The number of fused-ring (bicyclic) bond motifs is 2. The normalized spacial score (nSPS) is 16.0. The first-order chi connectivity index (χ1) is 15.2. The van der Waals surface area contributed by atoms with Crippen molar-refractivity contribution in [3.8, 4) is 6.07 Å². The van der Waals surface area contributed by atoms with Crippen molar-refractivity contribution >= 4 is 55.1 Å². The van der Waals surface area contributed by atoms with E-state index in [1.54, 1.807) is 6.07 Å². The van der Waals surface area contributed by atoms with Crippen molar-refractivity contribution in [2.24, 2.45) is 11.1 Å². The number of rotatable bonds is 6. The van der Waals surface area contributed by atoms with Crippen molar-refractivity contribution in [3.05, 3.63) is 34.2 Å². The van der Waals surface area contributed by atoms with Crippen LogP contribution in [-0.2, 0) is 34.2 Å². The van der Waals surface area contributed by atoms with Crippen LogP contribution in [0.2, 0.25) is 0 Å². The number of anilines is 1. The molecule has 1 unspecified atom stereocenters. The van der Waals surface area contributed by atoms with Crippen molar-refractivity contribution in [3.63, 3.8) is 0 Å². The highest BCUT2D eigenvalue weighted by molar-refractivity contribution is 7.99. The molecule has 168 valence electrons. The van der Waals surface area contributed by atoms with E-state index >= 15 is 0 Å². The van der Waals surface area contributed by atoms with Crippen LogP contribution in [0.3, 0.4) is 0 Å². The molecule has 3 N–H and O–H groups in total. The lowest BCUT2D eigenvalue weighted by atomic mass is 9.89. The monoisotopic (exact) mass is 489 g/mol. The molecule has 1 atom stereocenters. The lowest BCUT2D eigenvalue weighted by Crippen LogP contribution is -2.14. The van der Waals surface area contributed by atoms with Gasteiger partial charge in [-0.25, -0.2) is 18.5 Å². The molecule has 2 heterocycles. The van der Waals surface area contributed by atoms with Crippen LogP contribution in [0, 0.1) is 17.2 Å². The molecule has 0 saturated heterocycles. The largest absolute Gasteiger partial charge is 0.319 e. The number of primary sulfonamides is 1. The number of thioether (sulfide) groups is 1. The maximum Gasteiger partial charge on any atom is 0.238 e. The Morgan fingerprint density at radius 2 is 2.25 bits per heavy atom. The number of hydrogen-bond acceptors (Lipinski definition) is 7. The molecule has 0 saturated carbocycles. The third-order valence-corrected chi connectivity index (χ3v) is 8.60. The molecule has 3 aromatic rings. The Morgan fingerprint density at radius 3 is 2.94 bits per heavy atom. The number of thiophene rings is 1. The molecule has 1 aliphatic carbocycles. The predicted octanol–water partition coefficient (Wildman–Crippen LogP) is 3.49. The maximum absolute atomic E-state index is 12.7. The third-order valence-electron chi connectivity index (χ3n) is 5.54. The van der Waals surface area contributed by atoms with Crippen molar-refractivity contribution < 1.29 is 13.2 Å². The van der Waals surface area contributed by atoms with Crippen LogP contribution in [0.1, 0.15) is 36.3 Å². The van der Waals surface area contributed by atoms with Crippen LogP contribution in [0.25, 0.3) is 11.0 Å². The first kappa shape index (κ1) is 22.8. The summed E-state index contributed by atoms with van der Waals surface area (Å²) >= 11 is 2.77. The molecule has 11 heteroatoms. The first-order valence-electron chi connectivity index (χ1n) is 10.2. The van der Waals surface area contributed by atoms with Crippen LogP contribution in [0.15, 0.2) is 28.3 Å². The second-order valence-electron chi connectivity index (χ2n) is 7.84. The zero-order chi connectivity index (χ0) is 23.0. The van der Waals surface area contributed by atoms with Gasteiger partial charge < -0.3 is 9.88 Å². The Morgan fingerprint density at radius 1 is 1.47 bits per heavy atom. The molecular weight excluding hydrogens is 466 g/mol. The first-order valence-corrected chi connectivity index (χ1v) is 13.6. The maximum atomic E-state index is 12.7. The van der Waals surface area contributed by atoms with Crippen LogP contribution in [-0.4, -0.2) is 29.6 Å². The van der Waals surface area contributed by atoms with Gasteiger partial charge in [0.2, 0.25) is 15.9 Å². The van der Waals surface area contributed by atoms with Gasteiger partial charge in [0, 0.05) is 11.4 Å². The van der Waals surface area contributed by atoms with E-state index in [1.807, 2.05) is 11.5 Å². The number of nitriles is 1. The molecule has 1 aliphatic rings. The number of carbonyl (C=O) groups is 1. The summed E-state index contributed by atoms with van der Waals surface area (Å²) in [5.74, 6) is 0.497. The second kappa shape index (κ2) is 8.86. The smallest absolute Gasteiger partial charge is 0.238 e. The number of nitrogens with two attached hydrogens (primary N) is 1. The van der Waals surface area contributed by atoms with E-state index in [4.69, 9.17) is 5.14 Å². The minimum Gasteiger partial charge on any atom is -0.319 e. The fraction of sp³-hybridized carbons (Fsp3) is 0.381. The van der Waals surface area contributed by atoms with E-state index in [9.17, 15) is 18.5 Å². The third kappa shape index (κ3) is 4.41. The highest BCUT2D eigenvalue weighted by Gasteiger charge is 2.25. The topological polar surface area (TPSA) is 131 Å². The van der Waals surface area contributed by atoms with Gasteiger partial charge in [-0.2, -0.15) is 5.26 Å². The SMILES string of the molecule is CCn1c(SCC(=O)Nc2sc3c(c2C#N)CCC(C)C3)nc2cc(S(N)(=O)=O)ccc21. The molecule has 0 bridgehead atoms. The fourth-order valence-electron chi connectivity index (χ4n) is 3.93. The highest BCUT2D eigenvalue weighted by Crippen LogP contribution is 2.39. The molecule has 0 radical (unpaired) electrons. The molecule has 0 fully saturated rings. The average molecular weight is 490 g/mol. The Balaban J connectivity index is 1.52. The average Bonchev–Trinajstić information content (AvgIpc) is 3.26. The number of carbonyl (C=O) groups excluding carboxylic acids is 1. The van der Waals surface area contributed by atoms with Gasteiger partial charge in [-0.1, -0.05) is 18.7 Å². The van der Waals surface area contributed by atoms with E-state index in [0.717, 1.165) is 30.3 Å². The summed E-state index contributed by atoms with van der Waals surface area (Å²) in [6, 6.07) is 6.83. The number of imidazole rings is 1. The standard InChI is InChI=1S/C21H23N5O3S3/c1-3-26-17-7-5-13(32(23,28)29)9-16(17)24-21(26)30-11-19(27)25-20-15(10-22)14-6-4-12(2)8-18(14)31-20/h5,7,9,12H,3-4,6,8,11H2,1-2H3,(H,25,27)(H2,23,28,29). The van der Waals surface area contributed by atoms with E-state index in [0.29, 0.717) is 33.7 Å². The number of benzene rings is 1. The molecule has 0 spiro atoms. The van der Waals surface area contributed by atoms with Crippen molar-refractivity contribution in [1.29, 1.82) is 5.26 Å². The van der Waals surface area contributed by atoms with Gasteiger partial charge in [-0.05, 0) is 55.9 Å². The van der Waals surface area contributed by atoms with Crippen molar-refractivity contribution in [1.82, 2.24) is 9.55 Å². The Hall–Kier alpha value is -2.39. The summed E-state index contributed by atoms with van der Waals surface area (Å²) in [7, 11) is -3.82. The molecular formula is C21H23N5O3S3. The molecule has 8 nitrogen and oxygen atoms in total. The van der Waals surface area contributed by atoms with Crippen LogP contribution in [0.4, 0.5) is 5.00 Å². The van der Waals surface area contributed by atoms with E-state index < -0.39 is 10.0 Å². The van der Waals surface area contributed by atoms with Gasteiger partial charge >= 0.3 is 0 Å². The minimum absolute atomic E-state index is 0.0000553. The van der Waals surface area contributed by atoms with Crippen molar-refractivity contribution in [2.75, 3.05) is 11.1 Å². The summed E-state index contributed by atoms with van der Waals surface area (Å²) in [6.07, 6.45) is 2.88. The zero-order valence-electron chi connectivity index (χ0n) is 17.7. The Kier molecular flexibility index (Phi) is 6.31. The molecule has 0 aliphatic heterocycles. The summed E-state index contributed by atoms with van der Waals surface area (Å²) in [6.45, 7) is 4.77. The predicted molar refractivity (Wildman–Crippen MR) is 126 cm³/mol. The van der Waals surface area contributed by atoms with Crippen molar-refractivity contribution in [2.45, 2.75) is 49.7 Å². The lowest BCUT2D eigenvalue weighted by molar-refractivity contribution is -0.113. The number of aromatic nitrogens is 2. The molecule has 32 heavy (non-hydrogen) atoms. The molecule has 4 rings (SSSR count). The van der Waals surface area contributed by atoms with E-state index in [1.165, 1.54) is 40.1 Å². The van der Waals surface area contributed by atoms with Gasteiger partial charge in [0.1, 0.15) is 11.1 Å². The van der Waals surface area contributed by atoms with Gasteiger partial charge in [0.05, 0.1) is 27.2 Å². The van der Waals surface area contributed by atoms with Gasteiger partial charge in [-0.3, -0.25) is 4.79 Å². The number of sulfonamides is 1. The van der Waals surface area contributed by atoms with Gasteiger partial charge in [0.15, 0.2) is 5.16 Å². The second-order valence-corrected chi connectivity index (χ2v) is 11.4. The summed E-state index contributed by atoms with van der Waals surface area (Å²) in [4.78, 5) is 18.4. The van der Waals surface area contributed by atoms with Gasteiger partial charge in [0.25, 0.3) is 0 Å². The Labute approximate surface area is 194 Å². The number of nitrogens with one attached hydrogen (secondary N) is 1. The highest BCUT2D eigenvalue weighted by atomic mass is 32.2. The van der Waals surface area contributed by atoms with Crippen LogP contribution >= 0.6 is 23.1 Å². The van der Waals surface area contributed by atoms with Crippen LogP contribution in [0.5, 0.6) is 0 Å². The van der Waals surface area contributed by atoms with Crippen LogP contribution < -0.4 is 10.5 Å². The quantitative estimate of drug-likeness (QED) is 0.510. The summed E-state index contributed by atoms with van der Waals surface area (Å²) in [5.41, 5.74) is 2.95. The number of hydrogen-bond donors (Lipinski definition) is 2. The number of aryl methyl sites for hydroxylation is 1. The summed E-state index contributed by atoms with van der Waals surface area (Å²) in [5, 5.41) is 19.0. The number of amides is 1. The number of nitrogens with zero attached hydrogens (tertiary/aromatic N) is 3. The van der Waals surface area contributed by atoms with Gasteiger partial charge in [-0.15, -0.1) is 11.3 Å². The minimum atomic E-state index is -3.82. The zero-order valence-corrected chi connectivity index (χ0v) is 20.2. The van der Waals surface area contributed by atoms with E-state index in [-0.39, 0.29) is 16.6 Å². The van der Waals surface area contributed by atoms with E-state index in [2.05, 4.69) is 23.3 Å². The molecule has 1 amide bonds. The summed E-state index contributed by atoms with van der Waals surface area (Å²) < 4.78 is 25.2. The molecule has 1 aromatic carbocycles.